The van der Waals surface area contributed by atoms with Crippen LogP contribution < -0.4 is 0 Å². The molecule has 294 valence electrons. The first-order chi connectivity index (χ1) is 25.2. The van der Waals surface area contributed by atoms with Crippen molar-refractivity contribution in [3.8, 4) is 0 Å². The van der Waals surface area contributed by atoms with E-state index in [1.54, 1.807) is 13.8 Å². The second-order valence-corrected chi connectivity index (χ2v) is 20.3. The van der Waals surface area contributed by atoms with Crippen LogP contribution in [0.5, 0.6) is 0 Å². The van der Waals surface area contributed by atoms with E-state index in [9.17, 15) is 19.5 Å². The quantitative estimate of drug-likeness (QED) is 0.262. The number of carboxylic acids is 1. The molecule has 1 aromatic rings. The molecular weight excluding hydrogens is 677 g/mol. The number of carboxylic acid groups (broad SMARTS) is 1. The minimum absolute atomic E-state index is 0.0152. The molecule has 6 aliphatic rings. The van der Waals surface area contributed by atoms with Crippen LogP contribution in [0.2, 0.25) is 0 Å². The standard InChI is InChI=1S/C46H64N2O6/c1-11-28-13-12-14-29(16-15-28)38-47-48-39(54-38)46-24-23-44(9)30(37(46)36(27(2)3)31(49)25-46)17-18-33-43(8)21-20-34(53-35(50)26-41(4,5)40(51)52)42(6,7)32(43)19-22-45(33,44)10/h12-16,27-28,30,32-34H,11,17-26H2,1-10H3,(H,51,52). The highest BCUT2D eigenvalue weighted by atomic mass is 16.5. The van der Waals surface area contributed by atoms with E-state index in [4.69, 9.17) is 14.3 Å². The van der Waals surface area contributed by atoms with Gasteiger partial charge in [-0.2, -0.15) is 0 Å². The average molecular weight is 741 g/mol. The molecule has 1 aromatic heterocycles. The molecule has 1 heterocycles. The molecule has 7 rings (SSSR count). The summed E-state index contributed by atoms with van der Waals surface area (Å²) in [7, 11) is 0. The van der Waals surface area contributed by atoms with Crippen LogP contribution in [0.3, 0.4) is 0 Å². The normalized spacial score (nSPS) is 38.6. The Hall–Kier alpha value is -3.29. The second-order valence-electron chi connectivity index (χ2n) is 20.3. The Labute approximate surface area is 322 Å². The number of carbonyl (C=O) groups is 3. The maximum Gasteiger partial charge on any atom is 0.309 e. The van der Waals surface area contributed by atoms with Gasteiger partial charge in [-0.25, -0.2) is 0 Å². The SMILES string of the molecule is CCC1C=CC=C(c2nnc(C34CCC5(C)C(CCC6C7(C)CCC(OC(=O)CC(C)(C)C(=O)O)C(C)(C)C7CCC65C)C3=C(C(C)C)C(=O)C4)o2)C=C1. The molecule has 8 heteroatoms. The summed E-state index contributed by atoms with van der Waals surface area (Å²) in [6.07, 6.45) is 19.5. The summed E-state index contributed by atoms with van der Waals surface area (Å²) < 4.78 is 12.9. The van der Waals surface area contributed by atoms with Gasteiger partial charge in [0, 0.05) is 17.4 Å². The van der Waals surface area contributed by atoms with Gasteiger partial charge < -0.3 is 14.3 Å². The Morgan fingerprint density at radius 2 is 1.70 bits per heavy atom. The Balaban J connectivity index is 1.20. The van der Waals surface area contributed by atoms with E-state index < -0.39 is 22.8 Å². The molecule has 0 aliphatic heterocycles. The molecule has 6 aliphatic carbocycles. The highest BCUT2D eigenvalue weighted by Gasteiger charge is 2.71. The van der Waals surface area contributed by atoms with Crippen molar-refractivity contribution in [1.82, 2.24) is 10.2 Å². The Morgan fingerprint density at radius 3 is 2.39 bits per heavy atom. The fraction of sp³-hybridized carbons (Fsp3) is 0.717. The number of fused-ring (bicyclic) bond motifs is 7. The van der Waals surface area contributed by atoms with Crippen LogP contribution in [0.1, 0.15) is 152 Å². The number of aromatic nitrogens is 2. The van der Waals surface area contributed by atoms with E-state index in [0.29, 0.717) is 36.0 Å². The second kappa shape index (κ2) is 13.1. The summed E-state index contributed by atoms with van der Waals surface area (Å²) in [5.74, 6) is 1.57. The molecule has 9 unspecified atom stereocenters. The zero-order valence-corrected chi connectivity index (χ0v) is 34.5. The maximum absolute atomic E-state index is 14.2. The highest BCUT2D eigenvalue weighted by molar-refractivity contribution is 6.01. The first-order valence-corrected chi connectivity index (χ1v) is 20.9. The van der Waals surface area contributed by atoms with E-state index in [2.05, 4.69) is 84.8 Å². The van der Waals surface area contributed by atoms with Crippen molar-refractivity contribution < 1.29 is 28.6 Å². The molecule has 54 heavy (non-hydrogen) atoms. The first kappa shape index (κ1) is 39.0. The van der Waals surface area contributed by atoms with Crippen molar-refractivity contribution in [3.05, 3.63) is 53.3 Å². The van der Waals surface area contributed by atoms with Crippen molar-refractivity contribution in [2.45, 2.75) is 151 Å². The number of rotatable bonds is 8. The molecule has 0 amide bonds. The fourth-order valence-electron chi connectivity index (χ4n) is 13.3. The van der Waals surface area contributed by atoms with Gasteiger partial charge in [0.2, 0.25) is 11.8 Å². The molecule has 8 nitrogen and oxygen atoms in total. The van der Waals surface area contributed by atoms with Crippen LogP contribution in [0.25, 0.3) is 5.57 Å². The molecule has 4 saturated carbocycles. The Morgan fingerprint density at radius 1 is 0.963 bits per heavy atom. The molecule has 0 bridgehead atoms. The number of hydrogen-bond acceptors (Lipinski definition) is 7. The predicted molar refractivity (Wildman–Crippen MR) is 209 cm³/mol. The Bertz CT molecular complexity index is 1840. The number of ketones is 1. The van der Waals surface area contributed by atoms with E-state index in [0.717, 1.165) is 68.9 Å². The van der Waals surface area contributed by atoms with Crippen molar-refractivity contribution in [1.29, 1.82) is 0 Å². The topological polar surface area (TPSA) is 120 Å². The zero-order valence-electron chi connectivity index (χ0n) is 34.5. The molecule has 0 aromatic carbocycles. The van der Waals surface area contributed by atoms with Gasteiger partial charge in [-0.1, -0.05) is 79.7 Å². The Kier molecular flexibility index (Phi) is 9.49. The lowest BCUT2D eigenvalue weighted by molar-refractivity contribution is -0.232. The molecule has 0 saturated heterocycles. The smallest absolute Gasteiger partial charge is 0.309 e. The van der Waals surface area contributed by atoms with Crippen LogP contribution >= 0.6 is 0 Å². The lowest BCUT2D eigenvalue weighted by Gasteiger charge is -2.72. The van der Waals surface area contributed by atoms with Gasteiger partial charge >= 0.3 is 11.9 Å². The summed E-state index contributed by atoms with van der Waals surface area (Å²) >= 11 is 0. The van der Waals surface area contributed by atoms with Gasteiger partial charge in [-0.15, -0.1) is 10.2 Å². The van der Waals surface area contributed by atoms with Gasteiger partial charge in [-0.3, -0.25) is 14.4 Å². The molecule has 1 N–H and O–H groups in total. The lowest BCUT2D eigenvalue weighted by Crippen LogP contribution is -2.66. The van der Waals surface area contributed by atoms with Crippen LogP contribution in [-0.2, 0) is 24.5 Å². The van der Waals surface area contributed by atoms with Crippen molar-refractivity contribution in [3.63, 3.8) is 0 Å². The molecule has 4 fully saturated rings. The maximum atomic E-state index is 14.2. The number of ether oxygens (including phenoxy) is 1. The minimum Gasteiger partial charge on any atom is -0.481 e. The predicted octanol–water partition coefficient (Wildman–Crippen LogP) is 10.2. The monoisotopic (exact) mass is 740 g/mol. The zero-order chi connectivity index (χ0) is 39.2. The van der Waals surface area contributed by atoms with Gasteiger partial charge in [0.1, 0.15) is 6.10 Å². The first-order valence-electron chi connectivity index (χ1n) is 20.9. The number of allylic oxidation sites excluding steroid dienone is 8. The van der Waals surface area contributed by atoms with Crippen LogP contribution in [-0.4, -0.2) is 39.1 Å². The number of Topliss-reactive ketones (excluding diaryl/α,β-unsaturated/α-hetero) is 1. The molecule has 0 spiro atoms. The third kappa shape index (κ3) is 5.68. The molecule has 0 radical (unpaired) electrons. The lowest BCUT2D eigenvalue weighted by atomic mass is 9.33. The third-order valence-electron chi connectivity index (χ3n) is 16.5. The van der Waals surface area contributed by atoms with E-state index in [1.807, 2.05) is 6.08 Å². The third-order valence-corrected chi connectivity index (χ3v) is 16.5. The number of nitrogens with zero attached hydrogens (tertiary/aromatic N) is 2. The fourth-order valence-corrected chi connectivity index (χ4v) is 13.3. The van der Waals surface area contributed by atoms with Crippen molar-refractivity contribution >= 4 is 23.3 Å². The van der Waals surface area contributed by atoms with Crippen molar-refractivity contribution in [2.75, 3.05) is 0 Å². The molecule has 9 atom stereocenters. The van der Waals surface area contributed by atoms with Crippen molar-refractivity contribution in [2.24, 2.45) is 56.7 Å². The largest absolute Gasteiger partial charge is 0.481 e. The van der Waals surface area contributed by atoms with Gasteiger partial charge in [0.25, 0.3) is 0 Å². The summed E-state index contributed by atoms with van der Waals surface area (Å²) in [6, 6.07) is 0. The number of aliphatic carboxylic acids is 1. The minimum atomic E-state index is -1.16. The molecular formula is C46H64N2O6. The summed E-state index contributed by atoms with van der Waals surface area (Å²) in [5.41, 5.74) is 1.35. The summed E-state index contributed by atoms with van der Waals surface area (Å²) in [4.78, 5) is 39.1. The summed E-state index contributed by atoms with van der Waals surface area (Å²) in [6.45, 7) is 21.9. The van der Waals surface area contributed by atoms with Crippen LogP contribution in [0, 0.1) is 56.7 Å². The van der Waals surface area contributed by atoms with E-state index in [-0.39, 0.29) is 51.8 Å². The van der Waals surface area contributed by atoms with Gasteiger partial charge in [0.15, 0.2) is 5.78 Å². The summed E-state index contributed by atoms with van der Waals surface area (Å²) in [5, 5.41) is 19.0. The number of carbonyl (C=O) groups excluding carboxylic acids is 2. The van der Waals surface area contributed by atoms with Gasteiger partial charge in [0.05, 0.1) is 17.3 Å². The van der Waals surface area contributed by atoms with E-state index >= 15 is 0 Å². The van der Waals surface area contributed by atoms with Crippen LogP contribution in [0.4, 0.5) is 0 Å². The van der Waals surface area contributed by atoms with E-state index in [1.165, 1.54) is 5.57 Å². The van der Waals surface area contributed by atoms with Gasteiger partial charge in [-0.05, 0) is 135 Å². The average Bonchev–Trinajstić information content (AvgIpc) is 3.62. The van der Waals surface area contributed by atoms with Crippen LogP contribution in [0.15, 0.2) is 45.9 Å². The number of hydrogen-bond donors (Lipinski definition) is 1. The number of esters is 1. The highest BCUT2D eigenvalue weighted by Crippen LogP contribution is 2.76.